The average molecular weight is 508 g/mol. The van der Waals surface area contributed by atoms with E-state index in [4.69, 9.17) is 0 Å². The summed E-state index contributed by atoms with van der Waals surface area (Å²) in [5, 5.41) is 0. The van der Waals surface area contributed by atoms with E-state index >= 15 is 0 Å². The molecule has 2 aliphatic carbocycles. The number of alkyl halides is 7. The average Bonchev–Trinajstić information content (AvgIpc) is 2.69. The van der Waals surface area contributed by atoms with Gasteiger partial charge >= 0.3 is 35.7 Å². The second-order valence-electron chi connectivity index (χ2n) is 8.77. The fraction of sp³-hybridized carbons (Fsp3) is 0.857. The van der Waals surface area contributed by atoms with Crippen molar-refractivity contribution < 1.29 is 59.3 Å². The maximum absolute atomic E-state index is 13.9. The van der Waals surface area contributed by atoms with Crippen molar-refractivity contribution >= 4 is 17.7 Å². The first-order valence-corrected chi connectivity index (χ1v) is 10.9. The molecule has 0 aliphatic heterocycles. The van der Waals surface area contributed by atoms with Gasteiger partial charge in [0.25, 0.3) is 0 Å². The number of rotatable bonds is 10. The van der Waals surface area contributed by atoms with E-state index in [0.717, 1.165) is 19.8 Å². The molecule has 0 saturated heterocycles. The van der Waals surface area contributed by atoms with Gasteiger partial charge in [-0.1, -0.05) is 12.8 Å². The van der Waals surface area contributed by atoms with Gasteiger partial charge in [-0.25, -0.2) is 13.6 Å². The van der Waals surface area contributed by atoms with Gasteiger partial charge in [-0.15, -0.1) is 0 Å². The van der Waals surface area contributed by atoms with E-state index in [1.165, 1.54) is 0 Å². The van der Waals surface area contributed by atoms with Crippen LogP contribution in [0.2, 0.25) is 0 Å². The molecular formula is C21H27F7O6. The van der Waals surface area contributed by atoms with Crippen molar-refractivity contribution in [1.29, 1.82) is 0 Å². The fourth-order valence-electron chi connectivity index (χ4n) is 4.36. The van der Waals surface area contributed by atoms with Crippen molar-refractivity contribution in [3.63, 3.8) is 0 Å². The van der Waals surface area contributed by atoms with E-state index in [1.54, 1.807) is 0 Å². The number of ether oxygens (including phenoxy) is 3. The number of ketones is 1. The lowest BCUT2D eigenvalue weighted by atomic mass is 9.66. The van der Waals surface area contributed by atoms with Crippen molar-refractivity contribution in [1.82, 2.24) is 0 Å². The van der Waals surface area contributed by atoms with Gasteiger partial charge in [0.2, 0.25) is 0 Å². The van der Waals surface area contributed by atoms with Crippen LogP contribution in [0.4, 0.5) is 30.7 Å². The highest BCUT2D eigenvalue weighted by Crippen LogP contribution is 2.43. The number of carbonyl (C=O) groups is 3. The van der Waals surface area contributed by atoms with Crippen LogP contribution in [0, 0.1) is 17.8 Å². The third kappa shape index (κ3) is 6.19. The summed E-state index contributed by atoms with van der Waals surface area (Å²) in [6.07, 6.45) is -5.34. The van der Waals surface area contributed by atoms with Crippen molar-refractivity contribution in [3.05, 3.63) is 0 Å². The summed E-state index contributed by atoms with van der Waals surface area (Å²) < 4.78 is 108. The summed E-state index contributed by atoms with van der Waals surface area (Å²) in [5.74, 6) is -19.1. The summed E-state index contributed by atoms with van der Waals surface area (Å²) in [6, 6.07) is 0. The molecule has 2 fully saturated rings. The van der Waals surface area contributed by atoms with Crippen LogP contribution in [0.3, 0.4) is 0 Å². The van der Waals surface area contributed by atoms with Gasteiger partial charge in [0.1, 0.15) is 5.78 Å². The lowest BCUT2D eigenvalue weighted by molar-refractivity contribution is -0.358. The Balaban J connectivity index is 2.21. The summed E-state index contributed by atoms with van der Waals surface area (Å²) in [4.78, 5) is 37.1. The van der Waals surface area contributed by atoms with E-state index in [1.807, 2.05) is 0 Å². The predicted molar refractivity (Wildman–Crippen MR) is 101 cm³/mol. The van der Waals surface area contributed by atoms with Crippen LogP contribution in [0.1, 0.15) is 58.8 Å². The number of hydrogen-bond donors (Lipinski definition) is 0. The Kier molecular flexibility index (Phi) is 8.64. The largest absolute Gasteiger partial charge is 0.468 e. The number of carbonyl (C=O) groups excluding carboxylic acids is 3. The molecule has 13 heteroatoms. The van der Waals surface area contributed by atoms with E-state index in [-0.39, 0.29) is 31.0 Å². The van der Waals surface area contributed by atoms with Crippen molar-refractivity contribution in [3.8, 4) is 0 Å². The number of halogens is 7. The molecule has 6 nitrogen and oxygen atoms in total. The maximum atomic E-state index is 13.9. The molecule has 2 bridgehead atoms. The summed E-state index contributed by atoms with van der Waals surface area (Å²) in [6.45, 7) is -1.34. The SMILES string of the molecule is CCOC(=O)C(OCCC(F)(F)C(C)(F)F)(OC(=O)CC1CC2CCCC(C2)C1=O)C(F)(F)F. The molecule has 0 aromatic rings. The Labute approximate surface area is 191 Å². The van der Waals surface area contributed by atoms with Gasteiger partial charge in [-0.05, 0) is 32.1 Å². The van der Waals surface area contributed by atoms with E-state index in [9.17, 15) is 45.1 Å². The van der Waals surface area contributed by atoms with Crippen LogP contribution >= 0.6 is 0 Å². The normalized spacial score (nSPS) is 25.4. The lowest BCUT2D eigenvalue weighted by Crippen LogP contribution is -2.59. The van der Waals surface area contributed by atoms with Crippen LogP contribution < -0.4 is 0 Å². The molecule has 2 rings (SSSR count). The van der Waals surface area contributed by atoms with Gasteiger partial charge in [0.15, 0.2) is 0 Å². The van der Waals surface area contributed by atoms with Gasteiger partial charge in [-0.3, -0.25) is 9.59 Å². The van der Waals surface area contributed by atoms with Crippen LogP contribution in [-0.4, -0.2) is 54.7 Å². The molecule has 0 N–H and O–H groups in total. The quantitative estimate of drug-likeness (QED) is 0.239. The summed E-state index contributed by atoms with van der Waals surface area (Å²) in [5.41, 5.74) is 0. The summed E-state index contributed by atoms with van der Waals surface area (Å²) in [7, 11) is 0. The Morgan fingerprint density at radius 1 is 1.03 bits per heavy atom. The van der Waals surface area contributed by atoms with Gasteiger partial charge < -0.3 is 14.2 Å². The fourth-order valence-corrected chi connectivity index (χ4v) is 4.36. The molecule has 0 spiro atoms. The van der Waals surface area contributed by atoms with Gasteiger partial charge in [0, 0.05) is 25.2 Å². The topological polar surface area (TPSA) is 78.9 Å². The molecule has 2 saturated carbocycles. The van der Waals surface area contributed by atoms with Crippen LogP contribution in [-0.2, 0) is 28.6 Å². The molecule has 0 aromatic heterocycles. The van der Waals surface area contributed by atoms with Crippen LogP contribution in [0.15, 0.2) is 0 Å². The zero-order chi connectivity index (χ0) is 25.9. The lowest BCUT2D eigenvalue weighted by Gasteiger charge is -2.38. The molecule has 0 amide bonds. The van der Waals surface area contributed by atoms with Crippen LogP contribution in [0.25, 0.3) is 0 Å². The van der Waals surface area contributed by atoms with E-state index < -0.39 is 67.7 Å². The zero-order valence-electron chi connectivity index (χ0n) is 18.7. The molecule has 4 atom stereocenters. The number of esters is 2. The maximum Gasteiger partial charge on any atom is 0.468 e. The molecule has 0 aromatic carbocycles. The third-order valence-electron chi connectivity index (χ3n) is 6.16. The van der Waals surface area contributed by atoms with Gasteiger partial charge in [0.05, 0.1) is 19.6 Å². The molecule has 196 valence electrons. The van der Waals surface area contributed by atoms with Crippen molar-refractivity contribution in [2.75, 3.05) is 13.2 Å². The first-order valence-electron chi connectivity index (χ1n) is 10.9. The minimum atomic E-state index is -5.80. The van der Waals surface area contributed by atoms with Crippen molar-refractivity contribution in [2.24, 2.45) is 17.8 Å². The Morgan fingerprint density at radius 3 is 2.24 bits per heavy atom. The number of Topliss-reactive ketones (excluding diaryl/α,β-unsaturated/α-hetero) is 1. The number of hydrogen-bond acceptors (Lipinski definition) is 6. The second kappa shape index (κ2) is 10.4. The summed E-state index contributed by atoms with van der Waals surface area (Å²) >= 11 is 0. The van der Waals surface area contributed by atoms with Crippen LogP contribution in [0.5, 0.6) is 0 Å². The Hall–Kier alpha value is -1.92. The molecule has 0 heterocycles. The highest BCUT2D eigenvalue weighted by atomic mass is 19.4. The molecule has 0 radical (unpaired) electrons. The highest BCUT2D eigenvalue weighted by Gasteiger charge is 2.68. The number of fused-ring (bicyclic) bond motifs is 2. The first kappa shape index (κ1) is 28.3. The predicted octanol–water partition coefficient (Wildman–Crippen LogP) is 4.83. The smallest absolute Gasteiger partial charge is 0.461 e. The third-order valence-corrected chi connectivity index (χ3v) is 6.16. The molecule has 2 aliphatic rings. The van der Waals surface area contributed by atoms with Crippen molar-refractivity contribution in [2.45, 2.75) is 82.6 Å². The zero-order valence-corrected chi connectivity index (χ0v) is 18.7. The Bertz CT molecular complexity index is 764. The first-order chi connectivity index (χ1) is 15.5. The minimum absolute atomic E-state index is 0.126. The second-order valence-corrected chi connectivity index (χ2v) is 8.77. The van der Waals surface area contributed by atoms with Gasteiger partial charge in [-0.2, -0.15) is 22.0 Å². The standard InChI is InChI=1S/C21H27F7O6/c1-3-32-17(31)20(21(26,27)28,33-8-7-19(24,25)18(2,22)23)34-15(29)11-14-10-12-5-4-6-13(9-12)16(14)30/h12-14H,3-11H2,1-2H3. The Morgan fingerprint density at radius 2 is 1.68 bits per heavy atom. The minimum Gasteiger partial charge on any atom is -0.461 e. The molecule has 4 unspecified atom stereocenters. The monoisotopic (exact) mass is 508 g/mol. The highest BCUT2D eigenvalue weighted by molar-refractivity contribution is 5.89. The van der Waals surface area contributed by atoms with E-state index in [2.05, 4.69) is 14.2 Å². The molecule has 34 heavy (non-hydrogen) atoms. The van der Waals surface area contributed by atoms with E-state index in [0.29, 0.717) is 12.8 Å². The molecular weight excluding hydrogens is 481 g/mol.